The highest BCUT2D eigenvalue weighted by Crippen LogP contribution is 2.40. The molecule has 40 heavy (non-hydrogen) atoms. The summed E-state index contributed by atoms with van der Waals surface area (Å²) in [6.45, 7) is 6.92. The predicted octanol–water partition coefficient (Wildman–Crippen LogP) is 8.34. The number of aryl methyl sites for hydroxylation is 1. The van der Waals surface area contributed by atoms with Gasteiger partial charge in [-0.05, 0) is 24.6 Å². The summed E-state index contributed by atoms with van der Waals surface area (Å²) in [7, 11) is 0. The number of nitrogens with zero attached hydrogens (tertiary/aromatic N) is 4. The Hall–Kier alpha value is -3.77. The van der Waals surface area contributed by atoms with Crippen LogP contribution >= 0.6 is 22.9 Å². The van der Waals surface area contributed by atoms with Gasteiger partial charge in [-0.1, -0.05) is 126 Å². The van der Waals surface area contributed by atoms with Crippen molar-refractivity contribution < 1.29 is 0 Å². The summed E-state index contributed by atoms with van der Waals surface area (Å²) in [6, 6.07) is 37.7. The summed E-state index contributed by atoms with van der Waals surface area (Å²) in [5.41, 5.74) is 6.73. The summed E-state index contributed by atoms with van der Waals surface area (Å²) in [4.78, 5) is 15.4. The average molecular weight is 563 g/mol. The molecule has 0 saturated carbocycles. The van der Waals surface area contributed by atoms with E-state index in [9.17, 15) is 0 Å². The van der Waals surface area contributed by atoms with Gasteiger partial charge < -0.3 is 4.90 Å². The molecule has 5 aromatic rings. The van der Waals surface area contributed by atoms with Gasteiger partial charge in [0, 0.05) is 54.4 Å². The molecular weight excluding hydrogens is 532 g/mol. The normalized spacial score (nSPS) is 14.4. The molecule has 0 spiro atoms. The average Bonchev–Trinajstić information content (AvgIpc) is 3.42. The van der Waals surface area contributed by atoms with Crippen LogP contribution in [-0.4, -0.2) is 46.8 Å². The zero-order valence-corrected chi connectivity index (χ0v) is 24.1. The van der Waals surface area contributed by atoms with Crippen molar-refractivity contribution in [2.45, 2.75) is 13.5 Å². The molecule has 1 saturated heterocycles. The molecule has 0 bridgehead atoms. The molecule has 6 heteroatoms. The van der Waals surface area contributed by atoms with Gasteiger partial charge in [-0.15, -0.1) is 0 Å². The first kappa shape index (κ1) is 26.5. The van der Waals surface area contributed by atoms with Gasteiger partial charge in [0.15, 0.2) is 0 Å². The van der Waals surface area contributed by atoms with E-state index in [4.69, 9.17) is 21.6 Å². The van der Waals surface area contributed by atoms with E-state index >= 15 is 0 Å². The van der Waals surface area contributed by atoms with Gasteiger partial charge >= 0.3 is 0 Å². The molecule has 4 nitrogen and oxygen atoms in total. The van der Waals surface area contributed by atoms with Crippen molar-refractivity contribution in [3.63, 3.8) is 0 Å². The van der Waals surface area contributed by atoms with Gasteiger partial charge in [-0.25, -0.2) is 9.98 Å². The Kier molecular flexibility index (Phi) is 8.05. The maximum Gasteiger partial charge on any atom is 0.146 e. The van der Waals surface area contributed by atoms with E-state index in [0.29, 0.717) is 0 Å². The Balaban J connectivity index is 1.36. The summed E-state index contributed by atoms with van der Waals surface area (Å²) in [5, 5.41) is 2.57. The zero-order chi connectivity index (χ0) is 27.3. The molecule has 0 unspecified atom stereocenters. The second-order valence-corrected chi connectivity index (χ2v) is 11.5. The number of aromatic nitrogens is 1. The van der Waals surface area contributed by atoms with E-state index in [2.05, 4.69) is 95.6 Å². The Morgan fingerprint density at radius 2 is 1.43 bits per heavy atom. The number of aliphatic imine (C=N–C) groups is 1. The number of piperazine rings is 1. The van der Waals surface area contributed by atoms with Crippen molar-refractivity contribution in [1.29, 1.82) is 0 Å². The van der Waals surface area contributed by atoms with Gasteiger partial charge in [0.25, 0.3) is 0 Å². The van der Waals surface area contributed by atoms with E-state index in [1.165, 1.54) is 11.1 Å². The SMILES string of the molecule is Cc1ccc(/C(=N/c2sc(-c3ccc(Cl)cc3)nc2-c2ccccc2)N2CCN(Cc3ccccc3)CC2)cc1. The van der Waals surface area contributed by atoms with E-state index < -0.39 is 0 Å². The lowest BCUT2D eigenvalue weighted by Crippen LogP contribution is -2.48. The number of amidine groups is 1. The molecule has 4 aromatic carbocycles. The van der Waals surface area contributed by atoms with Crippen LogP contribution in [0.2, 0.25) is 5.02 Å². The molecule has 0 atom stereocenters. The van der Waals surface area contributed by atoms with Crippen LogP contribution in [0, 0.1) is 6.92 Å². The quantitative estimate of drug-likeness (QED) is 0.154. The summed E-state index contributed by atoms with van der Waals surface area (Å²) < 4.78 is 0. The lowest BCUT2D eigenvalue weighted by molar-refractivity contribution is 0.176. The molecule has 0 aliphatic carbocycles. The summed E-state index contributed by atoms with van der Waals surface area (Å²) >= 11 is 7.80. The number of benzene rings is 4. The second kappa shape index (κ2) is 12.2. The lowest BCUT2D eigenvalue weighted by Gasteiger charge is -2.36. The van der Waals surface area contributed by atoms with Gasteiger partial charge in [0.2, 0.25) is 0 Å². The third kappa shape index (κ3) is 6.18. The van der Waals surface area contributed by atoms with Crippen LogP contribution in [0.25, 0.3) is 21.8 Å². The maximum atomic E-state index is 6.17. The zero-order valence-electron chi connectivity index (χ0n) is 22.5. The van der Waals surface area contributed by atoms with Crippen LogP contribution in [0.5, 0.6) is 0 Å². The minimum atomic E-state index is 0.717. The first-order chi connectivity index (χ1) is 19.6. The number of halogens is 1. The maximum absolute atomic E-state index is 6.17. The second-order valence-electron chi connectivity index (χ2n) is 10.1. The number of rotatable bonds is 6. The molecule has 1 aliphatic heterocycles. The van der Waals surface area contributed by atoms with Crippen LogP contribution in [0.1, 0.15) is 16.7 Å². The van der Waals surface area contributed by atoms with E-state index in [1.807, 2.05) is 30.3 Å². The number of hydrogen-bond donors (Lipinski definition) is 0. The van der Waals surface area contributed by atoms with Crippen molar-refractivity contribution in [2.75, 3.05) is 26.2 Å². The van der Waals surface area contributed by atoms with E-state index in [1.54, 1.807) is 11.3 Å². The van der Waals surface area contributed by atoms with Gasteiger partial charge in [-0.3, -0.25) is 4.90 Å². The van der Waals surface area contributed by atoms with Crippen molar-refractivity contribution in [3.05, 3.63) is 131 Å². The molecule has 2 heterocycles. The highest BCUT2D eigenvalue weighted by atomic mass is 35.5. The third-order valence-corrected chi connectivity index (χ3v) is 8.44. The fourth-order valence-corrected chi connectivity index (χ4v) is 6.06. The Morgan fingerprint density at radius 1 is 0.775 bits per heavy atom. The molecule has 0 N–H and O–H groups in total. The lowest BCUT2D eigenvalue weighted by atomic mass is 10.1. The van der Waals surface area contributed by atoms with Crippen LogP contribution < -0.4 is 0 Å². The highest BCUT2D eigenvalue weighted by molar-refractivity contribution is 7.19. The third-order valence-electron chi connectivity index (χ3n) is 7.19. The molecule has 0 amide bonds. The van der Waals surface area contributed by atoms with Crippen LogP contribution in [-0.2, 0) is 6.54 Å². The van der Waals surface area contributed by atoms with Crippen molar-refractivity contribution in [3.8, 4) is 21.8 Å². The minimum Gasteiger partial charge on any atom is -0.354 e. The topological polar surface area (TPSA) is 31.7 Å². The van der Waals surface area contributed by atoms with Crippen LogP contribution in [0.3, 0.4) is 0 Å². The fourth-order valence-electron chi connectivity index (χ4n) is 4.96. The smallest absolute Gasteiger partial charge is 0.146 e. The Morgan fingerprint density at radius 3 is 2.10 bits per heavy atom. The van der Waals surface area contributed by atoms with Gasteiger partial charge in [0.1, 0.15) is 21.5 Å². The number of thiazole rings is 1. The first-order valence-electron chi connectivity index (χ1n) is 13.6. The number of hydrogen-bond acceptors (Lipinski definition) is 4. The first-order valence-corrected chi connectivity index (χ1v) is 14.8. The molecule has 1 fully saturated rings. The molecule has 200 valence electrons. The standard InChI is InChI=1S/C34H31ClN4S/c1-25-12-14-28(15-13-25)32(39-22-20-38(21-23-39)24-26-8-4-2-5-9-26)37-34-31(27-10-6-3-7-11-27)36-33(40-34)29-16-18-30(35)19-17-29/h2-19H,20-24H2,1H3/b37-32-. The summed E-state index contributed by atoms with van der Waals surface area (Å²) in [5.74, 6) is 1.00. The van der Waals surface area contributed by atoms with Gasteiger partial charge in [0.05, 0.1) is 0 Å². The van der Waals surface area contributed by atoms with Crippen molar-refractivity contribution in [2.24, 2.45) is 4.99 Å². The van der Waals surface area contributed by atoms with Crippen molar-refractivity contribution in [1.82, 2.24) is 14.8 Å². The van der Waals surface area contributed by atoms with Crippen LogP contribution in [0.15, 0.2) is 114 Å². The van der Waals surface area contributed by atoms with Crippen LogP contribution in [0.4, 0.5) is 5.00 Å². The van der Waals surface area contributed by atoms with Gasteiger partial charge in [-0.2, -0.15) is 0 Å². The predicted molar refractivity (Wildman–Crippen MR) is 169 cm³/mol. The van der Waals surface area contributed by atoms with E-state index in [-0.39, 0.29) is 0 Å². The minimum absolute atomic E-state index is 0.717. The summed E-state index contributed by atoms with van der Waals surface area (Å²) in [6.07, 6.45) is 0. The Bertz CT molecular complexity index is 1570. The molecule has 6 rings (SSSR count). The molecular formula is C34H31ClN4S. The van der Waals surface area contributed by atoms with E-state index in [0.717, 1.165) is 76.0 Å². The Labute approximate surface area is 245 Å². The highest BCUT2D eigenvalue weighted by Gasteiger charge is 2.23. The molecule has 0 radical (unpaired) electrons. The molecule has 1 aromatic heterocycles. The molecule has 1 aliphatic rings. The fraction of sp³-hybridized carbons (Fsp3) is 0.176. The van der Waals surface area contributed by atoms with Crippen molar-refractivity contribution >= 4 is 33.8 Å². The monoisotopic (exact) mass is 562 g/mol. The largest absolute Gasteiger partial charge is 0.354 e.